The maximum Gasteiger partial charge on any atom is 0.273 e. The van der Waals surface area contributed by atoms with Crippen LogP contribution in [0.1, 0.15) is 23.3 Å². The van der Waals surface area contributed by atoms with E-state index in [0.29, 0.717) is 29.5 Å². The molecule has 7 nitrogen and oxygen atoms in total. The largest absolute Gasteiger partial charge is 0.332 e. The van der Waals surface area contributed by atoms with Gasteiger partial charge in [-0.1, -0.05) is 48.0 Å². The summed E-state index contributed by atoms with van der Waals surface area (Å²) in [6, 6.07) is 19.4. The summed E-state index contributed by atoms with van der Waals surface area (Å²) >= 11 is 5.97. The molecule has 0 aliphatic carbocycles. The molecule has 1 saturated heterocycles. The van der Waals surface area contributed by atoms with Crippen LogP contribution in [0.3, 0.4) is 0 Å². The zero-order valence-corrected chi connectivity index (χ0v) is 19.7. The number of rotatable bonds is 5. The molecule has 4 aromatic heterocycles. The number of pyridine rings is 2. The fourth-order valence-corrected chi connectivity index (χ4v) is 4.90. The molecular formula is C27H23ClN6O. The second-order valence-electron chi connectivity index (χ2n) is 8.71. The molecule has 1 aliphatic heterocycles. The molecule has 0 bridgehead atoms. The van der Waals surface area contributed by atoms with Crippen LogP contribution in [0, 0.1) is 0 Å². The molecule has 8 heteroatoms. The summed E-state index contributed by atoms with van der Waals surface area (Å²) in [5, 5.41) is 5.14. The van der Waals surface area contributed by atoms with Crippen molar-refractivity contribution in [2.45, 2.75) is 25.4 Å². The Hall–Kier alpha value is -3.97. The van der Waals surface area contributed by atoms with Crippen molar-refractivity contribution >= 4 is 23.2 Å². The molecule has 1 fully saturated rings. The van der Waals surface area contributed by atoms with Crippen molar-refractivity contribution in [1.82, 2.24) is 29.0 Å². The molecule has 174 valence electrons. The quantitative estimate of drug-likeness (QED) is 0.344. The highest BCUT2D eigenvalue weighted by Gasteiger charge is 2.33. The van der Waals surface area contributed by atoms with Crippen molar-refractivity contribution in [3.8, 4) is 22.5 Å². The topological polar surface area (TPSA) is 68.3 Å². The number of amides is 1. The zero-order chi connectivity index (χ0) is 23.8. The molecule has 5 aromatic rings. The SMILES string of the molecule is O=C(c1c(-c2ccccc2)nc2ccccn12)N1CCC[C@H]1Cn1cc(-c2ccc(Cl)cn2)cn1. The van der Waals surface area contributed by atoms with Crippen molar-refractivity contribution < 1.29 is 4.79 Å². The van der Waals surface area contributed by atoms with Crippen LogP contribution >= 0.6 is 11.6 Å². The van der Waals surface area contributed by atoms with Crippen LogP contribution in [0.4, 0.5) is 0 Å². The summed E-state index contributed by atoms with van der Waals surface area (Å²) in [6.45, 7) is 1.33. The highest BCUT2D eigenvalue weighted by Crippen LogP contribution is 2.29. The van der Waals surface area contributed by atoms with E-state index in [2.05, 4.69) is 10.1 Å². The third-order valence-corrected chi connectivity index (χ3v) is 6.70. The first-order valence-electron chi connectivity index (χ1n) is 11.7. The minimum Gasteiger partial charge on any atom is -0.332 e. The summed E-state index contributed by atoms with van der Waals surface area (Å²) in [5.41, 5.74) is 4.75. The molecule has 35 heavy (non-hydrogen) atoms. The second-order valence-corrected chi connectivity index (χ2v) is 9.15. The summed E-state index contributed by atoms with van der Waals surface area (Å²) in [6.07, 6.45) is 9.20. The Balaban J connectivity index is 1.30. The summed E-state index contributed by atoms with van der Waals surface area (Å²) < 4.78 is 3.80. The predicted molar refractivity (Wildman–Crippen MR) is 135 cm³/mol. The Morgan fingerprint density at radius 2 is 1.86 bits per heavy atom. The van der Waals surface area contributed by atoms with Crippen molar-refractivity contribution in [3.63, 3.8) is 0 Å². The number of likely N-dealkylation sites (tertiary alicyclic amines) is 1. The first-order chi connectivity index (χ1) is 17.2. The molecule has 1 aliphatic rings. The van der Waals surface area contributed by atoms with E-state index in [4.69, 9.17) is 16.6 Å². The normalized spacial score (nSPS) is 15.7. The average Bonchev–Trinajstić information content (AvgIpc) is 3.63. The molecule has 1 atom stereocenters. The lowest BCUT2D eigenvalue weighted by atomic mass is 10.1. The van der Waals surface area contributed by atoms with Crippen molar-refractivity contribution in [1.29, 1.82) is 0 Å². The van der Waals surface area contributed by atoms with E-state index in [1.807, 2.05) is 87.0 Å². The number of hydrogen-bond acceptors (Lipinski definition) is 4. The lowest BCUT2D eigenvalue weighted by Crippen LogP contribution is -2.39. The van der Waals surface area contributed by atoms with E-state index in [1.54, 1.807) is 12.4 Å². The number of aromatic nitrogens is 5. The zero-order valence-electron chi connectivity index (χ0n) is 19.0. The monoisotopic (exact) mass is 482 g/mol. The lowest BCUT2D eigenvalue weighted by molar-refractivity contribution is 0.0715. The van der Waals surface area contributed by atoms with Gasteiger partial charge < -0.3 is 4.90 Å². The van der Waals surface area contributed by atoms with Gasteiger partial charge in [-0.25, -0.2) is 4.98 Å². The van der Waals surface area contributed by atoms with Gasteiger partial charge in [0, 0.05) is 36.3 Å². The number of halogens is 1. The molecule has 0 spiro atoms. The van der Waals surface area contributed by atoms with Crippen molar-refractivity contribution in [3.05, 3.63) is 96.2 Å². The van der Waals surface area contributed by atoms with Gasteiger partial charge in [-0.05, 0) is 37.1 Å². The maximum atomic E-state index is 14.0. The van der Waals surface area contributed by atoms with Crippen LogP contribution in [-0.2, 0) is 6.54 Å². The molecule has 0 unspecified atom stereocenters. The van der Waals surface area contributed by atoms with Gasteiger partial charge in [-0.2, -0.15) is 5.10 Å². The number of nitrogens with zero attached hydrogens (tertiary/aromatic N) is 6. The first-order valence-corrected chi connectivity index (χ1v) is 12.0. The fourth-order valence-electron chi connectivity index (χ4n) is 4.78. The Kier molecular flexibility index (Phi) is 5.54. The number of fused-ring (bicyclic) bond motifs is 1. The third-order valence-electron chi connectivity index (χ3n) is 6.47. The van der Waals surface area contributed by atoms with Crippen LogP contribution in [-0.4, -0.2) is 47.5 Å². The molecule has 1 aromatic carbocycles. The molecular weight excluding hydrogens is 460 g/mol. The smallest absolute Gasteiger partial charge is 0.273 e. The summed E-state index contributed by atoms with van der Waals surface area (Å²) in [4.78, 5) is 25.2. The Morgan fingerprint density at radius 1 is 1.00 bits per heavy atom. The second kappa shape index (κ2) is 9.00. The van der Waals surface area contributed by atoms with E-state index < -0.39 is 0 Å². The molecule has 6 rings (SSSR count). The number of carbonyl (C=O) groups is 1. The van der Waals surface area contributed by atoms with E-state index in [1.165, 1.54) is 0 Å². The predicted octanol–water partition coefficient (Wildman–Crippen LogP) is 5.22. The first kappa shape index (κ1) is 21.6. The molecule has 1 amide bonds. The number of carbonyl (C=O) groups excluding carboxylic acids is 1. The van der Waals surface area contributed by atoms with Gasteiger partial charge in [0.25, 0.3) is 5.91 Å². The molecule has 0 saturated carbocycles. The van der Waals surface area contributed by atoms with Gasteiger partial charge in [-0.15, -0.1) is 0 Å². The van der Waals surface area contributed by atoms with Gasteiger partial charge in [0.1, 0.15) is 17.0 Å². The Morgan fingerprint density at radius 3 is 2.69 bits per heavy atom. The molecule has 0 radical (unpaired) electrons. The standard InChI is InChI=1S/C27H23ClN6O/c28-21-11-12-23(29-16-21)20-15-30-32(17-20)18-22-9-6-14-33(22)27(35)26-25(19-7-2-1-3-8-19)31-24-10-4-5-13-34(24)26/h1-5,7-8,10-13,15-17,22H,6,9,14,18H2/t22-/m0/s1. The van der Waals surface area contributed by atoms with Gasteiger partial charge in [-0.3, -0.25) is 18.9 Å². The van der Waals surface area contributed by atoms with Gasteiger partial charge in [0.05, 0.1) is 29.5 Å². The average molecular weight is 483 g/mol. The highest BCUT2D eigenvalue weighted by molar-refractivity contribution is 6.30. The van der Waals surface area contributed by atoms with Crippen LogP contribution < -0.4 is 0 Å². The van der Waals surface area contributed by atoms with Crippen LogP contribution in [0.25, 0.3) is 28.2 Å². The summed E-state index contributed by atoms with van der Waals surface area (Å²) in [5.74, 6) is -0.00296. The van der Waals surface area contributed by atoms with Gasteiger partial charge in [0.15, 0.2) is 0 Å². The number of imidazole rings is 1. The minimum absolute atomic E-state index is 0.00296. The molecule has 0 N–H and O–H groups in total. The van der Waals surface area contributed by atoms with Crippen molar-refractivity contribution in [2.75, 3.05) is 6.54 Å². The van der Waals surface area contributed by atoms with Crippen LogP contribution in [0.2, 0.25) is 5.02 Å². The Bertz CT molecular complexity index is 1490. The third kappa shape index (κ3) is 4.08. The van der Waals surface area contributed by atoms with E-state index in [0.717, 1.165) is 35.3 Å². The lowest BCUT2D eigenvalue weighted by Gasteiger charge is -2.25. The van der Waals surface area contributed by atoms with Gasteiger partial charge >= 0.3 is 0 Å². The van der Waals surface area contributed by atoms with E-state index in [9.17, 15) is 4.79 Å². The van der Waals surface area contributed by atoms with Crippen LogP contribution in [0.5, 0.6) is 0 Å². The maximum absolute atomic E-state index is 14.0. The van der Waals surface area contributed by atoms with E-state index >= 15 is 0 Å². The summed E-state index contributed by atoms with van der Waals surface area (Å²) in [7, 11) is 0. The van der Waals surface area contributed by atoms with Crippen molar-refractivity contribution in [2.24, 2.45) is 0 Å². The number of benzene rings is 1. The van der Waals surface area contributed by atoms with Crippen LogP contribution in [0.15, 0.2) is 85.5 Å². The molecule has 5 heterocycles. The minimum atomic E-state index is -0.00296. The van der Waals surface area contributed by atoms with Gasteiger partial charge in [0.2, 0.25) is 0 Å². The fraction of sp³-hybridized carbons (Fsp3) is 0.185. The highest BCUT2D eigenvalue weighted by atomic mass is 35.5. The Labute approximate surface area is 207 Å². The number of hydrogen-bond donors (Lipinski definition) is 0. The van der Waals surface area contributed by atoms with E-state index in [-0.39, 0.29) is 11.9 Å².